The summed E-state index contributed by atoms with van der Waals surface area (Å²) < 4.78 is 0. The van der Waals surface area contributed by atoms with E-state index in [-0.39, 0.29) is 5.75 Å². The maximum Gasteiger partial charge on any atom is 0.127 e. The zero-order chi connectivity index (χ0) is 14.7. The van der Waals surface area contributed by atoms with E-state index in [1.807, 2.05) is 19.1 Å². The highest BCUT2D eigenvalue weighted by Crippen LogP contribution is 2.33. The van der Waals surface area contributed by atoms with Crippen LogP contribution < -0.4 is 5.43 Å². The highest BCUT2D eigenvalue weighted by atomic mass is 35.5. The van der Waals surface area contributed by atoms with Crippen molar-refractivity contribution in [3.63, 3.8) is 0 Å². The molecular weight excluding hydrogens is 319 g/mol. The number of phenolic OH excluding ortho intramolecular Hbond substituents is 1. The molecule has 2 rings (SSSR count). The molecule has 0 amide bonds. The zero-order valence-electron chi connectivity index (χ0n) is 10.5. The quantitative estimate of drug-likeness (QED) is 0.607. The van der Waals surface area contributed by atoms with E-state index in [0.29, 0.717) is 26.3 Å². The van der Waals surface area contributed by atoms with Crippen molar-refractivity contribution in [3.8, 4) is 5.75 Å². The molecule has 2 aromatic carbocycles. The lowest BCUT2D eigenvalue weighted by Gasteiger charge is -2.07. The first kappa shape index (κ1) is 15.0. The molecule has 104 valence electrons. The van der Waals surface area contributed by atoms with Crippen molar-refractivity contribution >= 4 is 46.7 Å². The monoisotopic (exact) mass is 328 g/mol. The molecule has 0 unspecified atom stereocenters. The highest BCUT2D eigenvalue weighted by molar-refractivity contribution is 6.41. The van der Waals surface area contributed by atoms with Gasteiger partial charge in [-0.25, -0.2) is 0 Å². The van der Waals surface area contributed by atoms with Crippen LogP contribution in [0.1, 0.15) is 11.1 Å². The Morgan fingerprint density at radius 2 is 1.80 bits per heavy atom. The molecule has 0 spiro atoms. The average molecular weight is 330 g/mol. The minimum absolute atomic E-state index is 0.186. The van der Waals surface area contributed by atoms with E-state index >= 15 is 0 Å². The van der Waals surface area contributed by atoms with Gasteiger partial charge in [-0.05, 0) is 30.7 Å². The van der Waals surface area contributed by atoms with Gasteiger partial charge in [-0.2, -0.15) is 5.10 Å². The number of para-hydroxylation sites is 1. The lowest BCUT2D eigenvalue weighted by Crippen LogP contribution is -1.93. The molecule has 2 N–H and O–H groups in total. The van der Waals surface area contributed by atoms with Crippen molar-refractivity contribution in [1.29, 1.82) is 0 Å². The van der Waals surface area contributed by atoms with Crippen molar-refractivity contribution < 1.29 is 5.11 Å². The molecule has 0 fully saturated rings. The highest BCUT2D eigenvalue weighted by Gasteiger charge is 2.07. The summed E-state index contributed by atoms with van der Waals surface area (Å²) in [7, 11) is 0. The van der Waals surface area contributed by atoms with E-state index in [0.717, 1.165) is 5.56 Å². The number of hydrogen-bond donors (Lipinski definition) is 2. The zero-order valence-corrected chi connectivity index (χ0v) is 12.8. The van der Waals surface area contributed by atoms with Gasteiger partial charge >= 0.3 is 0 Å². The Morgan fingerprint density at radius 3 is 2.45 bits per heavy atom. The van der Waals surface area contributed by atoms with Gasteiger partial charge in [0.05, 0.1) is 21.9 Å². The van der Waals surface area contributed by atoms with Crippen LogP contribution in [-0.2, 0) is 0 Å². The number of halogens is 3. The second-order valence-corrected chi connectivity index (χ2v) is 5.38. The fourth-order valence-electron chi connectivity index (χ4n) is 1.60. The van der Waals surface area contributed by atoms with Crippen LogP contribution in [0.3, 0.4) is 0 Å². The second kappa shape index (κ2) is 6.35. The normalized spacial score (nSPS) is 11.0. The Hall–Kier alpha value is -1.42. The van der Waals surface area contributed by atoms with E-state index < -0.39 is 0 Å². The van der Waals surface area contributed by atoms with Crippen molar-refractivity contribution in [3.05, 3.63) is 56.5 Å². The van der Waals surface area contributed by atoms with Gasteiger partial charge in [0.25, 0.3) is 0 Å². The Labute approximate surface area is 131 Å². The number of hydrazone groups is 1. The van der Waals surface area contributed by atoms with Gasteiger partial charge in [-0.3, -0.25) is 5.43 Å². The van der Waals surface area contributed by atoms with Crippen molar-refractivity contribution in [1.82, 2.24) is 0 Å². The van der Waals surface area contributed by atoms with Gasteiger partial charge in [0.2, 0.25) is 0 Å². The summed E-state index contributed by atoms with van der Waals surface area (Å²) in [4.78, 5) is 0. The number of nitrogens with one attached hydrogen (secondary N) is 1. The third-order valence-corrected chi connectivity index (χ3v) is 3.47. The summed E-state index contributed by atoms with van der Waals surface area (Å²) in [6.07, 6.45) is 1.49. The summed E-state index contributed by atoms with van der Waals surface area (Å²) in [5.41, 5.74) is 4.57. The number of aromatic hydroxyl groups is 1. The third kappa shape index (κ3) is 3.37. The number of phenols is 1. The molecule has 0 heterocycles. The van der Waals surface area contributed by atoms with Gasteiger partial charge in [0.15, 0.2) is 0 Å². The molecule has 20 heavy (non-hydrogen) atoms. The maximum atomic E-state index is 9.85. The molecule has 0 aromatic heterocycles. The molecule has 6 heteroatoms. The Balaban J connectivity index is 2.21. The summed E-state index contributed by atoms with van der Waals surface area (Å²) >= 11 is 17.9. The molecule has 0 atom stereocenters. The first-order chi connectivity index (χ1) is 9.49. The van der Waals surface area contributed by atoms with Crippen LogP contribution in [0.5, 0.6) is 5.75 Å². The summed E-state index contributed by atoms with van der Waals surface area (Å²) in [6.45, 7) is 1.81. The Kier molecular flexibility index (Phi) is 4.76. The largest absolute Gasteiger partial charge is 0.507 e. The Morgan fingerprint density at radius 1 is 1.15 bits per heavy atom. The summed E-state index contributed by atoms with van der Waals surface area (Å²) in [5, 5.41) is 15.1. The molecular formula is C14H11Cl3N2O. The molecule has 0 aliphatic rings. The van der Waals surface area contributed by atoms with Crippen LogP contribution >= 0.6 is 34.8 Å². The average Bonchev–Trinajstić information content (AvgIpc) is 2.37. The maximum absolute atomic E-state index is 9.85. The third-order valence-electron chi connectivity index (χ3n) is 2.66. The molecule has 3 nitrogen and oxygen atoms in total. The molecule has 0 aliphatic carbocycles. The number of anilines is 1. The fraction of sp³-hybridized carbons (Fsp3) is 0.0714. The molecule has 0 bridgehead atoms. The van der Waals surface area contributed by atoms with E-state index in [1.54, 1.807) is 18.2 Å². The van der Waals surface area contributed by atoms with Crippen LogP contribution in [-0.4, -0.2) is 11.3 Å². The predicted octanol–water partition coefficient (Wildman–Crippen LogP) is 5.11. The van der Waals surface area contributed by atoms with Crippen molar-refractivity contribution in [2.24, 2.45) is 5.10 Å². The Bertz CT molecular complexity index is 648. The number of rotatable bonds is 3. The van der Waals surface area contributed by atoms with Gasteiger partial charge in [-0.1, -0.05) is 46.9 Å². The van der Waals surface area contributed by atoms with E-state index in [2.05, 4.69) is 10.5 Å². The minimum Gasteiger partial charge on any atom is -0.507 e. The van der Waals surface area contributed by atoms with Gasteiger partial charge in [0.1, 0.15) is 5.75 Å². The van der Waals surface area contributed by atoms with E-state index in [9.17, 15) is 5.11 Å². The van der Waals surface area contributed by atoms with Crippen molar-refractivity contribution in [2.75, 3.05) is 5.43 Å². The fourth-order valence-corrected chi connectivity index (χ4v) is 2.50. The SMILES string of the molecule is Cc1cccc(/C=N/Nc2c(Cl)cc(Cl)cc2Cl)c1O. The second-order valence-electron chi connectivity index (χ2n) is 4.13. The van der Waals surface area contributed by atoms with Gasteiger partial charge < -0.3 is 5.11 Å². The number of benzene rings is 2. The van der Waals surface area contributed by atoms with Gasteiger partial charge in [0, 0.05) is 10.6 Å². The van der Waals surface area contributed by atoms with Crippen LogP contribution in [0, 0.1) is 6.92 Å². The molecule has 0 radical (unpaired) electrons. The van der Waals surface area contributed by atoms with E-state index in [4.69, 9.17) is 34.8 Å². The standard InChI is InChI=1S/C14H11Cl3N2O/c1-8-3-2-4-9(14(8)20)7-18-19-13-11(16)5-10(15)6-12(13)17/h2-7,19-20H,1H3/b18-7+. The smallest absolute Gasteiger partial charge is 0.127 e. The molecule has 0 saturated carbocycles. The van der Waals surface area contributed by atoms with Crippen LogP contribution in [0.25, 0.3) is 0 Å². The lowest BCUT2D eigenvalue weighted by atomic mass is 10.1. The van der Waals surface area contributed by atoms with Crippen molar-refractivity contribution in [2.45, 2.75) is 6.92 Å². The topological polar surface area (TPSA) is 44.6 Å². The molecule has 2 aromatic rings. The van der Waals surface area contributed by atoms with E-state index in [1.165, 1.54) is 6.21 Å². The molecule has 0 saturated heterocycles. The van der Waals surface area contributed by atoms with Crippen LogP contribution in [0.15, 0.2) is 35.4 Å². The summed E-state index contributed by atoms with van der Waals surface area (Å²) in [5.74, 6) is 0.186. The number of nitrogens with zero attached hydrogens (tertiary/aromatic N) is 1. The first-order valence-corrected chi connectivity index (χ1v) is 6.84. The number of hydrogen-bond acceptors (Lipinski definition) is 3. The van der Waals surface area contributed by atoms with Crippen LogP contribution in [0.4, 0.5) is 5.69 Å². The lowest BCUT2D eigenvalue weighted by molar-refractivity contribution is 0.470. The first-order valence-electron chi connectivity index (χ1n) is 5.71. The van der Waals surface area contributed by atoms with Crippen LogP contribution in [0.2, 0.25) is 15.1 Å². The number of aryl methyl sites for hydroxylation is 1. The summed E-state index contributed by atoms with van der Waals surface area (Å²) in [6, 6.07) is 8.53. The minimum atomic E-state index is 0.186. The van der Waals surface area contributed by atoms with Gasteiger partial charge in [-0.15, -0.1) is 0 Å². The molecule has 0 aliphatic heterocycles. The predicted molar refractivity (Wildman–Crippen MR) is 85.5 cm³/mol.